The average molecular weight is 285 g/mol. The van der Waals surface area contributed by atoms with Gasteiger partial charge in [0.15, 0.2) is 11.5 Å². The van der Waals surface area contributed by atoms with Gasteiger partial charge in [0, 0.05) is 12.2 Å². The summed E-state index contributed by atoms with van der Waals surface area (Å²) in [5, 5.41) is 3.34. The molecule has 0 radical (unpaired) electrons. The number of methoxy groups -OCH3 is 1. The standard InChI is InChI=1S/C18H23NO2/c1-4-15-7-10-17(18(13-15)20-3)21-12-11-19-16-8-5-14(2)6-9-16/h5-10,13,19H,4,11-12H2,1-3H3. The Morgan fingerprint density at radius 2 is 1.76 bits per heavy atom. The normalized spacial score (nSPS) is 10.2. The Balaban J connectivity index is 1.84. The predicted molar refractivity (Wildman–Crippen MR) is 87.5 cm³/mol. The van der Waals surface area contributed by atoms with Gasteiger partial charge < -0.3 is 14.8 Å². The molecule has 1 N–H and O–H groups in total. The average Bonchev–Trinajstić information content (AvgIpc) is 2.53. The van der Waals surface area contributed by atoms with Crippen LogP contribution in [-0.2, 0) is 6.42 Å². The Bertz CT molecular complexity index is 564. The van der Waals surface area contributed by atoms with Gasteiger partial charge in [0.1, 0.15) is 6.61 Å². The highest BCUT2D eigenvalue weighted by Crippen LogP contribution is 2.28. The zero-order valence-corrected chi connectivity index (χ0v) is 13.0. The predicted octanol–water partition coefficient (Wildman–Crippen LogP) is 4.06. The monoisotopic (exact) mass is 285 g/mol. The van der Waals surface area contributed by atoms with Crippen molar-refractivity contribution < 1.29 is 9.47 Å². The molecule has 0 atom stereocenters. The zero-order chi connectivity index (χ0) is 15.1. The molecule has 0 fully saturated rings. The van der Waals surface area contributed by atoms with Crippen LogP contribution >= 0.6 is 0 Å². The maximum absolute atomic E-state index is 5.79. The number of hydrogen-bond acceptors (Lipinski definition) is 3. The number of nitrogens with one attached hydrogen (secondary N) is 1. The van der Waals surface area contributed by atoms with E-state index in [9.17, 15) is 0 Å². The maximum Gasteiger partial charge on any atom is 0.161 e. The van der Waals surface area contributed by atoms with Crippen LogP contribution in [0.4, 0.5) is 5.69 Å². The van der Waals surface area contributed by atoms with Gasteiger partial charge in [-0.1, -0.05) is 30.7 Å². The number of hydrogen-bond donors (Lipinski definition) is 1. The smallest absolute Gasteiger partial charge is 0.161 e. The lowest BCUT2D eigenvalue weighted by Gasteiger charge is -2.12. The lowest BCUT2D eigenvalue weighted by molar-refractivity contribution is 0.305. The highest BCUT2D eigenvalue weighted by molar-refractivity contribution is 5.45. The first-order chi connectivity index (χ1) is 10.2. The van der Waals surface area contributed by atoms with Gasteiger partial charge in [-0.2, -0.15) is 0 Å². The molecule has 112 valence electrons. The molecule has 0 aliphatic rings. The summed E-state index contributed by atoms with van der Waals surface area (Å²) in [5.41, 5.74) is 3.62. The Kier molecular flexibility index (Phi) is 5.50. The quantitative estimate of drug-likeness (QED) is 0.778. The van der Waals surface area contributed by atoms with Crippen molar-refractivity contribution >= 4 is 5.69 Å². The summed E-state index contributed by atoms with van der Waals surface area (Å²) in [6.07, 6.45) is 0.992. The van der Waals surface area contributed by atoms with Crippen molar-refractivity contribution in [2.24, 2.45) is 0 Å². The van der Waals surface area contributed by atoms with E-state index in [1.54, 1.807) is 7.11 Å². The Labute approximate surface area is 126 Å². The number of benzene rings is 2. The SMILES string of the molecule is CCc1ccc(OCCNc2ccc(C)cc2)c(OC)c1. The van der Waals surface area contributed by atoms with Gasteiger partial charge in [-0.15, -0.1) is 0 Å². The van der Waals surface area contributed by atoms with Crippen molar-refractivity contribution in [3.05, 3.63) is 53.6 Å². The zero-order valence-electron chi connectivity index (χ0n) is 13.0. The van der Waals surface area contributed by atoms with Crippen LogP contribution in [-0.4, -0.2) is 20.3 Å². The molecule has 0 amide bonds. The van der Waals surface area contributed by atoms with Crippen molar-refractivity contribution in [1.82, 2.24) is 0 Å². The molecular formula is C18H23NO2. The highest BCUT2D eigenvalue weighted by Gasteiger charge is 2.04. The minimum absolute atomic E-state index is 0.593. The Morgan fingerprint density at radius 1 is 1.00 bits per heavy atom. The van der Waals surface area contributed by atoms with Gasteiger partial charge >= 0.3 is 0 Å². The van der Waals surface area contributed by atoms with Crippen molar-refractivity contribution in [2.45, 2.75) is 20.3 Å². The van der Waals surface area contributed by atoms with Crippen LogP contribution in [0.3, 0.4) is 0 Å². The number of ether oxygens (including phenoxy) is 2. The number of anilines is 1. The highest BCUT2D eigenvalue weighted by atomic mass is 16.5. The minimum Gasteiger partial charge on any atom is -0.493 e. The second-order valence-electron chi connectivity index (χ2n) is 4.98. The van der Waals surface area contributed by atoms with Gasteiger partial charge in [-0.3, -0.25) is 0 Å². The Hall–Kier alpha value is -2.16. The third kappa shape index (κ3) is 4.42. The van der Waals surface area contributed by atoms with E-state index in [0.717, 1.165) is 30.2 Å². The number of rotatable bonds is 7. The van der Waals surface area contributed by atoms with E-state index in [0.29, 0.717) is 6.61 Å². The van der Waals surface area contributed by atoms with E-state index in [1.807, 2.05) is 12.1 Å². The van der Waals surface area contributed by atoms with Crippen LogP contribution in [0.15, 0.2) is 42.5 Å². The fourth-order valence-electron chi connectivity index (χ4n) is 2.08. The molecule has 0 aliphatic carbocycles. The van der Waals surface area contributed by atoms with Gasteiger partial charge in [-0.25, -0.2) is 0 Å². The summed E-state index contributed by atoms with van der Waals surface area (Å²) in [6.45, 7) is 5.55. The van der Waals surface area contributed by atoms with Gasteiger partial charge in [0.05, 0.1) is 7.11 Å². The lowest BCUT2D eigenvalue weighted by atomic mass is 10.1. The van der Waals surface area contributed by atoms with Crippen molar-refractivity contribution in [2.75, 3.05) is 25.6 Å². The van der Waals surface area contributed by atoms with Crippen LogP contribution in [0.25, 0.3) is 0 Å². The molecule has 2 rings (SSSR count). The molecule has 0 aromatic heterocycles. The van der Waals surface area contributed by atoms with Crippen LogP contribution in [0.1, 0.15) is 18.1 Å². The molecule has 0 aliphatic heterocycles. The second kappa shape index (κ2) is 7.58. The molecule has 2 aromatic carbocycles. The van der Waals surface area contributed by atoms with Crippen LogP contribution in [0, 0.1) is 6.92 Å². The fourth-order valence-corrected chi connectivity index (χ4v) is 2.08. The number of aryl methyl sites for hydroxylation is 2. The van der Waals surface area contributed by atoms with E-state index in [2.05, 4.69) is 49.5 Å². The van der Waals surface area contributed by atoms with Crippen molar-refractivity contribution in [3.8, 4) is 11.5 Å². The van der Waals surface area contributed by atoms with Gasteiger partial charge in [0.25, 0.3) is 0 Å². The summed E-state index contributed by atoms with van der Waals surface area (Å²) in [6, 6.07) is 14.4. The minimum atomic E-state index is 0.593. The summed E-state index contributed by atoms with van der Waals surface area (Å²) in [7, 11) is 1.67. The third-order valence-electron chi connectivity index (χ3n) is 3.38. The first-order valence-corrected chi connectivity index (χ1v) is 7.33. The van der Waals surface area contributed by atoms with Gasteiger partial charge in [0.2, 0.25) is 0 Å². The Morgan fingerprint density at radius 3 is 2.43 bits per heavy atom. The van der Waals surface area contributed by atoms with Crippen LogP contribution in [0.5, 0.6) is 11.5 Å². The van der Waals surface area contributed by atoms with E-state index in [-0.39, 0.29) is 0 Å². The molecule has 2 aromatic rings. The van der Waals surface area contributed by atoms with Crippen LogP contribution in [0.2, 0.25) is 0 Å². The molecule has 0 saturated carbocycles. The molecule has 0 spiro atoms. The van der Waals surface area contributed by atoms with Crippen molar-refractivity contribution in [3.63, 3.8) is 0 Å². The van der Waals surface area contributed by atoms with E-state index >= 15 is 0 Å². The molecular weight excluding hydrogens is 262 g/mol. The van der Waals surface area contributed by atoms with Crippen molar-refractivity contribution in [1.29, 1.82) is 0 Å². The molecule has 3 heteroatoms. The largest absolute Gasteiger partial charge is 0.493 e. The molecule has 0 saturated heterocycles. The summed E-state index contributed by atoms with van der Waals surface area (Å²) < 4.78 is 11.2. The fraction of sp³-hybridized carbons (Fsp3) is 0.333. The molecule has 0 unspecified atom stereocenters. The molecule has 0 heterocycles. The summed E-state index contributed by atoms with van der Waals surface area (Å²) >= 11 is 0. The molecule has 3 nitrogen and oxygen atoms in total. The first kappa shape index (κ1) is 15.2. The lowest BCUT2D eigenvalue weighted by Crippen LogP contribution is -2.11. The van der Waals surface area contributed by atoms with Crippen LogP contribution < -0.4 is 14.8 Å². The topological polar surface area (TPSA) is 30.5 Å². The molecule has 21 heavy (non-hydrogen) atoms. The van der Waals surface area contributed by atoms with E-state index < -0.39 is 0 Å². The summed E-state index contributed by atoms with van der Waals surface area (Å²) in [5.74, 6) is 1.59. The molecule has 0 bridgehead atoms. The van der Waals surface area contributed by atoms with Gasteiger partial charge in [-0.05, 0) is 43.2 Å². The first-order valence-electron chi connectivity index (χ1n) is 7.33. The van der Waals surface area contributed by atoms with E-state index in [4.69, 9.17) is 9.47 Å². The van der Waals surface area contributed by atoms with E-state index in [1.165, 1.54) is 11.1 Å². The maximum atomic E-state index is 5.79. The summed E-state index contributed by atoms with van der Waals surface area (Å²) in [4.78, 5) is 0. The third-order valence-corrected chi connectivity index (χ3v) is 3.38. The second-order valence-corrected chi connectivity index (χ2v) is 4.98.